The topological polar surface area (TPSA) is 72.3 Å². The first kappa shape index (κ1) is 24.3. The van der Waals surface area contributed by atoms with Crippen molar-refractivity contribution >= 4 is 5.95 Å². The van der Waals surface area contributed by atoms with Crippen molar-refractivity contribution in [3.05, 3.63) is 94.8 Å². The third-order valence-electron chi connectivity index (χ3n) is 7.30. The molecule has 0 spiro atoms. The fourth-order valence-corrected chi connectivity index (χ4v) is 4.84. The highest BCUT2D eigenvalue weighted by Gasteiger charge is 2.25. The van der Waals surface area contributed by atoms with E-state index in [-0.39, 0.29) is 17.2 Å². The van der Waals surface area contributed by atoms with E-state index in [1.165, 1.54) is 35.7 Å². The average Bonchev–Trinajstić information content (AvgIpc) is 3.79. The summed E-state index contributed by atoms with van der Waals surface area (Å²) in [4.78, 5) is 23.3. The second kappa shape index (κ2) is 10.4. The van der Waals surface area contributed by atoms with Crippen LogP contribution in [0.3, 0.4) is 0 Å². The molecule has 38 heavy (non-hydrogen) atoms. The Morgan fingerprint density at radius 3 is 2.50 bits per heavy atom. The molecule has 0 unspecified atom stereocenters. The largest absolute Gasteiger partial charge is 0.493 e. The second-order valence-electron chi connectivity index (χ2n) is 10.0. The Morgan fingerprint density at radius 1 is 1.05 bits per heavy atom. The predicted octanol–water partition coefficient (Wildman–Crippen LogP) is 4.59. The highest BCUT2D eigenvalue weighted by molar-refractivity contribution is 5.65. The van der Waals surface area contributed by atoms with E-state index in [9.17, 15) is 9.18 Å². The molecule has 1 aliphatic carbocycles. The molecule has 0 amide bonds. The lowest BCUT2D eigenvalue weighted by Crippen LogP contribution is -2.47. The zero-order valence-corrected chi connectivity index (χ0v) is 21.3. The first-order valence-corrected chi connectivity index (χ1v) is 13.0. The molecule has 0 bridgehead atoms. The van der Waals surface area contributed by atoms with E-state index in [2.05, 4.69) is 56.6 Å². The van der Waals surface area contributed by atoms with Crippen molar-refractivity contribution in [2.24, 2.45) is 13.0 Å². The van der Waals surface area contributed by atoms with Gasteiger partial charge in [0.2, 0.25) is 5.95 Å². The van der Waals surface area contributed by atoms with Gasteiger partial charge < -0.3 is 15.0 Å². The fraction of sp³-hybridized carbons (Fsp3) is 0.300. The molecule has 3 heterocycles. The van der Waals surface area contributed by atoms with Crippen molar-refractivity contribution in [1.82, 2.24) is 19.9 Å². The lowest BCUT2D eigenvalue weighted by molar-refractivity contribution is 0.300. The minimum atomic E-state index is -0.502. The van der Waals surface area contributed by atoms with Crippen LogP contribution in [0.5, 0.6) is 5.75 Å². The summed E-state index contributed by atoms with van der Waals surface area (Å²) in [6.45, 7) is 2.87. The highest BCUT2D eigenvalue weighted by atomic mass is 19.1. The summed E-state index contributed by atoms with van der Waals surface area (Å²) in [7, 11) is 1.70. The van der Waals surface area contributed by atoms with E-state index in [1.54, 1.807) is 7.05 Å². The van der Waals surface area contributed by atoms with Crippen molar-refractivity contribution < 1.29 is 9.13 Å². The molecule has 8 heteroatoms. The maximum absolute atomic E-state index is 14.4. The number of halogens is 1. The number of piperazine rings is 1. The van der Waals surface area contributed by atoms with Gasteiger partial charge in [-0.25, -0.2) is 9.37 Å². The molecule has 2 fully saturated rings. The number of pyridine rings is 1. The van der Waals surface area contributed by atoms with Crippen LogP contribution in [0.15, 0.2) is 77.9 Å². The number of benzene rings is 2. The molecule has 0 radical (unpaired) electrons. The van der Waals surface area contributed by atoms with Gasteiger partial charge in [0.05, 0.1) is 18.5 Å². The van der Waals surface area contributed by atoms with Crippen molar-refractivity contribution in [2.75, 3.05) is 31.1 Å². The van der Waals surface area contributed by atoms with E-state index in [0.717, 1.165) is 47.7 Å². The Hall–Kier alpha value is -4.04. The van der Waals surface area contributed by atoms with Gasteiger partial charge in [0.25, 0.3) is 5.56 Å². The minimum absolute atomic E-state index is 0.0641. The number of hydrogen-bond donors (Lipinski definition) is 1. The number of aromatic nitrogens is 3. The molecule has 194 valence electrons. The van der Waals surface area contributed by atoms with Crippen LogP contribution in [0.25, 0.3) is 22.4 Å². The van der Waals surface area contributed by atoms with E-state index < -0.39 is 5.82 Å². The Morgan fingerprint density at radius 2 is 1.79 bits per heavy atom. The summed E-state index contributed by atoms with van der Waals surface area (Å²) in [5, 5.41) is 3.58. The third kappa shape index (κ3) is 5.17. The molecule has 1 saturated carbocycles. The molecule has 2 aliphatic rings. The molecular weight excluding hydrogens is 481 g/mol. The number of nitrogens with one attached hydrogen (secondary N) is 1. The molecule has 1 aliphatic heterocycles. The van der Waals surface area contributed by atoms with Crippen LogP contribution < -0.4 is 20.5 Å². The molecule has 1 saturated heterocycles. The van der Waals surface area contributed by atoms with Crippen molar-refractivity contribution in [2.45, 2.75) is 18.9 Å². The van der Waals surface area contributed by atoms with Gasteiger partial charge in [0.15, 0.2) is 5.82 Å². The third-order valence-corrected chi connectivity index (χ3v) is 7.30. The molecule has 4 aromatic rings. The molecule has 1 N–H and O–H groups in total. The first-order valence-electron chi connectivity index (χ1n) is 13.0. The second-order valence-corrected chi connectivity index (χ2v) is 10.0. The zero-order valence-electron chi connectivity index (χ0n) is 21.3. The van der Waals surface area contributed by atoms with E-state index in [1.807, 2.05) is 12.1 Å². The normalized spacial score (nSPS) is 17.4. The highest BCUT2D eigenvalue weighted by Crippen LogP contribution is 2.31. The van der Waals surface area contributed by atoms with Crippen LogP contribution >= 0.6 is 0 Å². The van der Waals surface area contributed by atoms with Crippen LogP contribution in [-0.4, -0.2) is 40.8 Å². The van der Waals surface area contributed by atoms with Crippen LogP contribution in [0.2, 0.25) is 0 Å². The van der Waals surface area contributed by atoms with E-state index in [4.69, 9.17) is 4.74 Å². The Bertz CT molecular complexity index is 1480. The Balaban J connectivity index is 1.18. The smallest absolute Gasteiger partial charge is 0.255 e. The van der Waals surface area contributed by atoms with Crippen LogP contribution in [0, 0.1) is 11.7 Å². The maximum atomic E-state index is 14.4. The summed E-state index contributed by atoms with van der Waals surface area (Å²) >= 11 is 0. The summed E-state index contributed by atoms with van der Waals surface area (Å²) in [6, 6.07) is 19.8. The number of nitrogens with zero attached hydrogens (tertiary/aromatic N) is 4. The van der Waals surface area contributed by atoms with Crippen LogP contribution in [0.4, 0.5) is 10.3 Å². The molecule has 2 aromatic heterocycles. The van der Waals surface area contributed by atoms with Crippen molar-refractivity contribution in [3.63, 3.8) is 0 Å². The first-order chi connectivity index (χ1) is 18.5. The van der Waals surface area contributed by atoms with Crippen molar-refractivity contribution in [1.29, 1.82) is 0 Å². The van der Waals surface area contributed by atoms with Gasteiger partial charge in [-0.1, -0.05) is 36.4 Å². The van der Waals surface area contributed by atoms with Gasteiger partial charge >= 0.3 is 0 Å². The summed E-state index contributed by atoms with van der Waals surface area (Å²) in [6.07, 6.45) is 5.20. The summed E-state index contributed by atoms with van der Waals surface area (Å²) in [5.41, 5.74) is 3.79. The molecule has 1 atom stereocenters. The maximum Gasteiger partial charge on any atom is 0.255 e. The van der Waals surface area contributed by atoms with Crippen LogP contribution in [0.1, 0.15) is 24.4 Å². The SMILES string of the molecule is Cn1c(N2CCN[C@@H](c3ccc(-c4ccc(OCC5CC5)cc4)cc3)C2)nc(-c2ccncc2F)cc1=O. The Labute approximate surface area is 220 Å². The summed E-state index contributed by atoms with van der Waals surface area (Å²) in [5.74, 6) is 1.68. The Kier molecular flexibility index (Phi) is 6.64. The van der Waals surface area contributed by atoms with E-state index in [0.29, 0.717) is 24.7 Å². The summed E-state index contributed by atoms with van der Waals surface area (Å²) < 4.78 is 21.7. The lowest BCUT2D eigenvalue weighted by atomic mass is 9.99. The zero-order chi connectivity index (χ0) is 26.1. The quantitative estimate of drug-likeness (QED) is 0.391. The predicted molar refractivity (Wildman–Crippen MR) is 146 cm³/mol. The van der Waals surface area contributed by atoms with Gasteiger partial charge in [-0.2, -0.15) is 0 Å². The molecule has 2 aromatic carbocycles. The molecular formula is C30H30FN5O2. The van der Waals surface area contributed by atoms with Crippen molar-refractivity contribution in [3.8, 4) is 28.1 Å². The van der Waals surface area contributed by atoms with Gasteiger partial charge in [-0.15, -0.1) is 0 Å². The standard InChI is InChI=1S/C30H30FN5O2/c1-35-29(37)16-27(25-12-13-32-17-26(25)31)34-30(35)36-15-14-33-28(18-36)23-6-4-21(5-7-23)22-8-10-24(11-9-22)38-19-20-2-3-20/h4-13,16-17,20,28,33H,2-3,14-15,18-19H2,1H3/t28-/m1/s1. The van der Waals surface area contributed by atoms with Gasteiger partial charge in [-0.3, -0.25) is 14.3 Å². The molecule has 7 nitrogen and oxygen atoms in total. The van der Waals surface area contributed by atoms with Gasteiger partial charge in [0.1, 0.15) is 5.75 Å². The number of ether oxygens (including phenoxy) is 1. The number of hydrogen-bond acceptors (Lipinski definition) is 6. The lowest BCUT2D eigenvalue weighted by Gasteiger charge is -2.35. The van der Waals surface area contributed by atoms with E-state index >= 15 is 0 Å². The van der Waals surface area contributed by atoms with Gasteiger partial charge in [-0.05, 0) is 53.6 Å². The van der Waals surface area contributed by atoms with Gasteiger partial charge in [0, 0.05) is 50.6 Å². The average molecular weight is 512 g/mol. The number of anilines is 1. The van der Waals surface area contributed by atoms with Crippen LogP contribution in [-0.2, 0) is 7.05 Å². The monoisotopic (exact) mass is 511 g/mol. The number of rotatable bonds is 7. The minimum Gasteiger partial charge on any atom is -0.493 e. The molecule has 6 rings (SSSR count). The fourth-order valence-electron chi connectivity index (χ4n) is 4.84.